The predicted molar refractivity (Wildman–Crippen MR) is 70.3 cm³/mol. The first kappa shape index (κ1) is 13.5. The molecule has 5 heteroatoms. The minimum atomic E-state index is -0.378. The van der Waals surface area contributed by atoms with E-state index in [0.717, 1.165) is 0 Å². The fourth-order valence-electron chi connectivity index (χ4n) is 1.10. The molecule has 2 nitrogen and oxygen atoms in total. The SMILES string of the molecule is CC(C)C(S)C(=O)Nc1ccc(F)cc1Br. The van der Waals surface area contributed by atoms with E-state index >= 15 is 0 Å². The summed E-state index contributed by atoms with van der Waals surface area (Å²) < 4.78 is 13.3. The Bertz CT molecular complexity index is 398. The molecule has 1 unspecified atom stereocenters. The molecule has 0 aliphatic rings. The molecule has 0 aliphatic heterocycles. The van der Waals surface area contributed by atoms with Crippen molar-refractivity contribution >= 4 is 40.2 Å². The Morgan fingerprint density at radius 2 is 2.12 bits per heavy atom. The summed E-state index contributed by atoms with van der Waals surface area (Å²) in [4.78, 5) is 11.7. The summed E-state index contributed by atoms with van der Waals surface area (Å²) in [6, 6.07) is 4.11. The Hall–Kier alpha value is -0.550. The molecule has 0 spiro atoms. The molecule has 0 fully saturated rings. The predicted octanol–water partition coefficient (Wildman–Crippen LogP) is 3.48. The van der Waals surface area contributed by atoms with Crippen molar-refractivity contribution in [3.05, 3.63) is 28.5 Å². The Morgan fingerprint density at radius 1 is 1.50 bits per heavy atom. The average molecular weight is 306 g/mol. The van der Waals surface area contributed by atoms with Crippen LogP contribution < -0.4 is 5.32 Å². The number of anilines is 1. The summed E-state index contributed by atoms with van der Waals surface area (Å²) >= 11 is 7.39. The standard InChI is InChI=1S/C11H13BrFNOS/c1-6(2)10(16)11(15)14-9-4-3-7(13)5-8(9)12/h3-6,10,16H,1-2H3,(H,14,15). The van der Waals surface area contributed by atoms with Crippen molar-refractivity contribution in [3.8, 4) is 0 Å². The second-order valence-corrected chi connectivity index (χ2v) is 5.21. The third-order valence-corrected chi connectivity index (χ3v) is 3.58. The van der Waals surface area contributed by atoms with E-state index in [4.69, 9.17) is 0 Å². The van der Waals surface area contributed by atoms with Crippen molar-refractivity contribution in [1.82, 2.24) is 0 Å². The molecule has 0 heterocycles. The number of hydrogen-bond donors (Lipinski definition) is 2. The molecular formula is C11H13BrFNOS. The van der Waals surface area contributed by atoms with Crippen LogP contribution in [-0.4, -0.2) is 11.2 Å². The summed E-state index contributed by atoms with van der Waals surface area (Å²) in [7, 11) is 0. The third kappa shape index (κ3) is 3.49. The monoisotopic (exact) mass is 305 g/mol. The van der Waals surface area contributed by atoms with Crippen LogP contribution in [0.5, 0.6) is 0 Å². The molecule has 1 amide bonds. The highest BCUT2D eigenvalue weighted by atomic mass is 79.9. The highest BCUT2D eigenvalue weighted by molar-refractivity contribution is 9.10. The van der Waals surface area contributed by atoms with E-state index in [0.29, 0.717) is 10.2 Å². The average Bonchev–Trinajstić information content (AvgIpc) is 2.20. The smallest absolute Gasteiger partial charge is 0.237 e. The second kappa shape index (κ2) is 5.68. The van der Waals surface area contributed by atoms with Crippen LogP contribution in [-0.2, 0) is 4.79 Å². The van der Waals surface area contributed by atoms with Crippen molar-refractivity contribution in [2.45, 2.75) is 19.1 Å². The summed E-state index contributed by atoms with van der Waals surface area (Å²) in [5.74, 6) is -0.399. The van der Waals surface area contributed by atoms with E-state index in [1.54, 1.807) is 0 Å². The first-order valence-corrected chi connectivity index (χ1v) is 6.16. The number of amides is 1. The number of hydrogen-bond acceptors (Lipinski definition) is 2. The van der Waals surface area contributed by atoms with Crippen molar-refractivity contribution in [3.63, 3.8) is 0 Å². The zero-order chi connectivity index (χ0) is 12.3. The van der Waals surface area contributed by atoms with E-state index in [1.807, 2.05) is 13.8 Å². The number of benzene rings is 1. The number of carbonyl (C=O) groups excluding carboxylic acids is 1. The summed E-state index contributed by atoms with van der Waals surface area (Å²) in [5, 5.41) is 2.31. The van der Waals surface area contributed by atoms with Crippen LogP contribution in [0.3, 0.4) is 0 Å². The van der Waals surface area contributed by atoms with Crippen molar-refractivity contribution in [1.29, 1.82) is 0 Å². The Labute approximate surface area is 108 Å². The quantitative estimate of drug-likeness (QED) is 0.823. The van der Waals surface area contributed by atoms with Gasteiger partial charge in [0.05, 0.1) is 10.9 Å². The molecule has 88 valence electrons. The molecule has 1 aromatic carbocycles. The van der Waals surface area contributed by atoms with Crippen LogP contribution in [0.1, 0.15) is 13.8 Å². The first-order valence-electron chi connectivity index (χ1n) is 4.86. The van der Waals surface area contributed by atoms with Gasteiger partial charge >= 0.3 is 0 Å². The van der Waals surface area contributed by atoms with Gasteiger partial charge < -0.3 is 5.32 Å². The molecule has 0 aliphatic carbocycles. The summed E-state index contributed by atoms with van der Waals surface area (Å²) in [6.07, 6.45) is 0. The van der Waals surface area contributed by atoms with Crippen molar-refractivity contribution in [2.24, 2.45) is 5.92 Å². The molecular weight excluding hydrogens is 293 g/mol. The maximum absolute atomic E-state index is 12.8. The van der Waals surface area contributed by atoms with E-state index < -0.39 is 0 Å². The fourth-order valence-corrected chi connectivity index (χ4v) is 1.61. The largest absolute Gasteiger partial charge is 0.324 e. The second-order valence-electron chi connectivity index (χ2n) is 3.80. The van der Waals surface area contributed by atoms with Gasteiger partial charge in [0.25, 0.3) is 0 Å². The van der Waals surface area contributed by atoms with Gasteiger partial charge in [-0.2, -0.15) is 12.6 Å². The van der Waals surface area contributed by atoms with Crippen molar-refractivity contribution in [2.75, 3.05) is 5.32 Å². The lowest BCUT2D eigenvalue weighted by molar-refractivity contribution is -0.116. The van der Waals surface area contributed by atoms with Crippen LogP contribution in [0.4, 0.5) is 10.1 Å². The maximum atomic E-state index is 12.8. The van der Waals surface area contributed by atoms with Gasteiger partial charge in [-0.1, -0.05) is 13.8 Å². The normalized spacial score (nSPS) is 12.6. The molecule has 0 saturated carbocycles. The van der Waals surface area contributed by atoms with E-state index in [9.17, 15) is 9.18 Å². The maximum Gasteiger partial charge on any atom is 0.237 e. The van der Waals surface area contributed by atoms with Crippen LogP contribution in [0.2, 0.25) is 0 Å². The first-order chi connectivity index (χ1) is 7.41. The Kier molecular flexibility index (Phi) is 4.80. The van der Waals surface area contributed by atoms with Crippen LogP contribution >= 0.6 is 28.6 Å². The molecule has 1 aromatic rings. The lowest BCUT2D eigenvalue weighted by atomic mass is 10.1. The van der Waals surface area contributed by atoms with Gasteiger partial charge in [-0.3, -0.25) is 4.79 Å². The van der Waals surface area contributed by atoms with Gasteiger partial charge in [-0.15, -0.1) is 0 Å². The van der Waals surface area contributed by atoms with Crippen LogP contribution in [0.15, 0.2) is 22.7 Å². The highest BCUT2D eigenvalue weighted by Gasteiger charge is 2.18. The number of nitrogens with one attached hydrogen (secondary N) is 1. The summed E-state index contributed by atoms with van der Waals surface area (Å²) in [5.41, 5.74) is 0.547. The molecule has 0 bridgehead atoms. The van der Waals surface area contributed by atoms with Gasteiger partial charge in [-0.05, 0) is 40.0 Å². The van der Waals surface area contributed by atoms with E-state index in [2.05, 4.69) is 33.9 Å². The molecule has 16 heavy (non-hydrogen) atoms. The lowest BCUT2D eigenvalue weighted by Gasteiger charge is -2.15. The molecule has 1 atom stereocenters. The van der Waals surface area contributed by atoms with E-state index in [-0.39, 0.29) is 22.9 Å². The number of rotatable bonds is 3. The van der Waals surface area contributed by atoms with Gasteiger partial charge in [0.2, 0.25) is 5.91 Å². The number of thiol groups is 1. The topological polar surface area (TPSA) is 29.1 Å². The van der Waals surface area contributed by atoms with Crippen molar-refractivity contribution < 1.29 is 9.18 Å². The van der Waals surface area contributed by atoms with Gasteiger partial charge in [0, 0.05) is 4.47 Å². The van der Waals surface area contributed by atoms with Crippen LogP contribution in [0.25, 0.3) is 0 Å². The van der Waals surface area contributed by atoms with Gasteiger partial charge in [0.15, 0.2) is 0 Å². The highest BCUT2D eigenvalue weighted by Crippen LogP contribution is 2.24. The van der Waals surface area contributed by atoms with Gasteiger partial charge in [-0.25, -0.2) is 4.39 Å². The third-order valence-electron chi connectivity index (χ3n) is 2.09. The molecule has 0 aromatic heterocycles. The Balaban J connectivity index is 2.77. The summed E-state index contributed by atoms with van der Waals surface area (Å²) in [6.45, 7) is 3.83. The number of carbonyl (C=O) groups is 1. The molecule has 1 N–H and O–H groups in total. The van der Waals surface area contributed by atoms with Gasteiger partial charge in [0.1, 0.15) is 5.82 Å². The fraction of sp³-hybridized carbons (Fsp3) is 0.364. The lowest BCUT2D eigenvalue weighted by Crippen LogP contribution is -2.27. The molecule has 1 rings (SSSR count). The zero-order valence-corrected chi connectivity index (χ0v) is 11.5. The van der Waals surface area contributed by atoms with Crippen LogP contribution in [0, 0.1) is 11.7 Å². The Morgan fingerprint density at radius 3 is 2.62 bits per heavy atom. The number of halogens is 2. The minimum Gasteiger partial charge on any atom is -0.324 e. The molecule has 0 saturated heterocycles. The minimum absolute atomic E-state index is 0.141. The molecule has 0 radical (unpaired) electrons. The zero-order valence-electron chi connectivity index (χ0n) is 9.00. The van der Waals surface area contributed by atoms with E-state index in [1.165, 1.54) is 18.2 Å².